The van der Waals surface area contributed by atoms with Crippen molar-refractivity contribution < 1.29 is 9.53 Å². The van der Waals surface area contributed by atoms with Gasteiger partial charge in [-0.3, -0.25) is 4.79 Å². The largest absolute Gasteiger partial charge is 0.462 e. The van der Waals surface area contributed by atoms with Crippen molar-refractivity contribution in [1.29, 1.82) is 0 Å². The van der Waals surface area contributed by atoms with Gasteiger partial charge in [0.2, 0.25) is 0 Å². The molecule has 1 unspecified atom stereocenters. The smallest absolute Gasteiger partial charge is 0.306 e. The quantitative estimate of drug-likeness (QED) is 0.279. The number of carbonyl (C=O) groups excluding carboxylic acids is 1. The van der Waals surface area contributed by atoms with E-state index in [2.05, 4.69) is 13.8 Å². The number of hydrogen-bond acceptors (Lipinski definition) is 2. The number of hydrogen-bond donors (Lipinski definition) is 0. The predicted octanol–water partition coefficient (Wildman–Crippen LogP) is 6.03. The first-order valence-corrected chi connectivity index (χ1v) is 9.43. The summed E-state index contributed by atoms with van der Waals surface area (Å²) in [7, 11) is 0. The van der Waals surface area contributed by atoms with Gasteiger partial charge < -0.3 is 4.74 Å². The lowest BCUT2D eigenvalue weighted by atomic mass is 9.95. The lowest BCUT2D eigenvalue weighted by molar-refractivity contribution is -0.151. The normalized spacial score (nSPS) is 18.2. The first kappa shape index (κ1) is 18.5. The zero-order valence-electron chi connectivity index (χ0n) is 14.4. The van der Waals surface area contributed by atoms with E-state index in [4.69, 9.17) is 4.74 Å². The molecule has 1 fully saturated rings. The Bertz CT molecular complexity index is 254. The maximum absolute atomic E-state index is 11.9. The number of rotatable bonds is 10. The lowest BCUT2D eigenvalue weighted by Crippen LogP contribution is -2.23. The van der Waals surface area contributed by atoms with Crippen LogP contribution in [0.2, 0.25) is 0 Å². The molecule has 0 N–H and O–H groups in total. The second-order valence-corrected chi connectivity index (χ2v) is 6.82. The van der Waals surface area contributed by atoms with E-state index in [-0.39, 0.29) is 12.1 Å². The minimum atomic E-state index is 0.0281. The van der Waals surface area contributed by atoms with Crippen LogP contribution in [0.5, 0.6) is 0 Å². The first-order chi connectivity index (χ1) is 10.2. The van der Waals surface area contributed by atoms with Crippen LogP contribution in [0.1, 0.15) is 104 Å². The van der Waals surface area contributed by atoms with E-state index in [1.54, 1.807) is 0 Å². The van der Waals surface area contributed by atoms with Crippen LogP contribution in [-0.4, -0.2) is 12.1 Å². The van der Waals surface area contributed by atoms with E-state index < -0.39 is 0 Å². The molecule has 0 aromatic heterocycles. The van der Waals surface area contributed by atoms with Gasteiger partial charge in [-0.25, -0.2) is 0 Å². The number of carbonyl (C=O) groups is 1. The molecule has 21 heavy (non-hydrogen) atoms. The first-order valence-electron chi connectivity index (χ1n) is 9.43. The summed E-state index contributed by atoms with van der Waals surface area (Å²) >= 11 is 0. The molecule has 0 bridgehead atoms. The van der Waals surface area contributed by atoms with Crippen molar-refractivity contribution in [1.82, 2.24) is 0 Å². The van der Waals surface area contributed by atoms with Gasteiger partial charge >= 0.3 is 5.97 Å². The predicted molar refractivity (Wildman–Crippen MR) is 89.4 cm³/mol. The highest BCUT2D eigenvalue weighted by Gasteiger charge is 2.21. The number of ether oxygens (including phenoxy) is 1. The van der Waals surface area contributed by atoms with Crippen molar-refractivity contribution in [3.05, 3.63) is 0 Å². The Morgan fingerprint density at radius 2 is 1.52 bits per heavy atom. The average molecular weight is 296 g/mol. The molecule has 2 heteroatoms. The van der Waals surface area contributed by atoms with Crippen LogP contribution < -0.4 is 0 Å². The third kappa shape index (κ3) is 9.16. The van der Waals surface area contributed by atoms with Crippen molar-refractivity contribution in [2.75, 3.05) is 0 Å². The Hall–Kier alpha value is -0.530. The Labute approximate surface area is 132 Å². The van der Waals surface area contributed by atoms with E-state index >= 15 is 0 Å². The summed E-state index contributed by atoms with van der Waals surface area (Å²) in [5.41, 5.74) is 0. The summed E-state index contributed by atoms with van der Waals surface area (Å²) in [6.45, 7) is 4.34. The van der Waals surface area contributed by atoms with Crippen LogP contribution in [0, 0.1) is 5.92 Å². The van der Waals surface area contributed by atoms with Crippen LogP contribution in [0.4, 0.5) is 0 Å². The van der Waals surface area contributed by atoms with Crippen molar-refractivity contribution >= 4 is 5.97 Å². The van der Waals surface area contributed by atoms with Crippen LogP contribution in [0.15, 0.2) is 0 Å². The molecule has 1 saturated carbocycles. The lowest BCUT2D eigenvalue weighted by Gasteiger charge is -2.22. The molecule has 124 valence electrons. The van der Waals surface area contributed by atoms with Gasteiger partial charge in [0.25, 0.3) is 0 Å². The third-order valence-electron chi connectivity index (χ3n) is 4.87. The molecule has 0 aliphatic heterocycles. The molecule has 0 saturated heterocycles. The number of unbranched alkanes of at least 4 members (excludes halogenated alkanes) is 6. The fourth-order valence-corrected chi connectivity index (χ4v) is 3.37. The van der Waals surface area contributed by atoms with Crippen LogP contribution in [-0.2, 0) is 9.53 Å². The SMILES string of the molecule is CCCCCCCCCC(=O)OC(C)C1CCCCCC1. The Morgan fingerprint density at radius 3 is 2.14 bits per heavy atom. The zero-order chi connectivity index (χ0) is 15.3. The molecule has 0 heterocycles. The van der Waals surface area contributed by atoms with Gasteiger partial charge in [-0.2, -0.15) is 0 Å². The summed E-state index contributed by atoms with van der Waals surface area (Å²) in [6, 6.07) is 0. The third-order valence-corrected chi connectivity index (χ3v) is 4.87. The minimum Gasteiger partial charge on any atom is -0.462 e. The van der Waals surface area contributed by atoms with Crippen LogP contribution in [0.25, 0.3) is 0 Å². The molecule has 1 aliphatic carbocycles. The van der Waals surface area contributed by atoms with Gasteiger partial charge in [0.15, 0.2) is 0 Å². The molecule has 1 atom stereocenters. The highest BCUT2D eigenvalue weighted by atomic mass is 16.5. The van der Waals surface area contributed by atoms with Gasteiger partial charge in [0.05, 0.1) is 0 Å². The molecule has 0 aromatic rings. The summed E-state index contributed by atoms with van der Waals surface area (Å²) in [6.07, 6.45) is 17.3. The van der Waals surface area contributed by atoms with Gasteiger partial charge in [0.1, 0.15) is 6.10 Å². The van der Waals surface area contributed by atoms with Crippen LogP contribution in [0.3, 0.4) is 0 Å². The standard InChI is InChI=1S/C19H36O2/c1-3-4-5-6-7-8-13-16-19(20)21-17(2)18-14-11-9-10-12-15-18/h17-18H,3-16H2,1-2H3. The molecule has 0 amide bonds. The Morgan fingerprint density at radius 1 is 0.952 bits per heavy atom. The maximum Gasteiger partial charge on any atom is 0.306 e. The van der Waals surface area contributed by atoms with Gasteiger partial charge in [-0.1, -0.05) is 71.1 Å². The van der Waals surface area contributed by atoms with E-state index in [0.717, 1.165) is 6.42 Å². The summed E-state index contributed by atoms with van der Waals surface area (Å²) in [5.74, 6) is 0.630. The second kappa shape index (κ2) is 12.1. The monoisotopic (exact) mass is 296 g/mol. The van der Waals surface area contributed by atoms with Gasteiger partial charge in [-0.05, 0) is 32.1 Å². The molecule has 0 spiro atoms. The van der Waals surface area contributed by atoms with Crippen molar-refractivity contribution in [2.24, 2.45) is 5.92 Å². The molecule has 1 aliphatic rings. The Balaban J connectivity index is 2.04. The fourth-order valence-electron chi connectivity index (χ4n) is 3.37. The van der Waals surface area contributed by atoms with E-state index in [9.17, 15) is 4.79 Å². The average Bonchev–Trinajstić information content (AvgIpc) is 2.75. The molecular formula is C19H36O2. The van der Waals surface area contributed by atoms with E-state index in [1.807, 2.05) is 0 Å². The highest BCUT2D eigenvalue weighted by molar-refractivity contribution is 5.69. The molecule has 0 aromatic carbocycles. The zero-order valence-corrected chi connectivity index (χ0v) is 14.4. The summed E-state index contributed by atoms with van der Waals surface area (Å²) in [4.78, 5) is 11.9. The number of esters is 1. The van der Waals surface area contributed by atoms with E-state index in [0.29, 0.717) is 12.3 Å². The maximum atomic E-state index is 11.9. The van der Waals surface area contributed by atoms with Crippen LogP contribution >= 0.6 is 0 Å². The molecular weight excluding hydrogens is 260 g/mol. The topological polar surface area (TPSA) is 26.3 Å². The van der Waals surface area contributed by atoms with Crippen molar-refractivity contribution in [2.45, 2.75) is 110 Å². The molecule has 2 nitrogen and oxygen atoms in total. The molecule has 1 rings (SSSR count). The van der Waals surface area contributed by atoms with E-state index in [1.165, 1.54) is 77.0 Å². The Kier molecular flexibility index (Phi) is 10.6. The highest BCUT2D eigenvalue weighted by Crippen LogP contribution is 2.27. The summed E-state index contributed by atoms with van der Waals surface area (Å²) < 4.78 is 5.65. The second-order valence-electron chi connectivity index (χ2n) is 6.82. The van der Waals surface area contributed by atoms with Crippen molar-refractivity contribution in [3.8, 4) is 0 Å². The van der Waals surface area contributed by atoms with Crippen molar-refractivity contribution in [3.63, 3.8) is 0 Å². The van der Waals surface area contributed by atoms with Gasteiger partial charge in [0, 0.05) is 6.42 Å². The fraction of sp³-hybridized carbons (Fsp3) is 0.947. The minimum absolute atomic E-state index is 0.0281. The summed E-state index contributed by atoms with van der Waals surface area (Å²) in [5, 5.41) is 0. The van der Waals surface area contributed by atoms with Gasteiger partial charge in [-0.15, -0.1) is 0 Å². The molecule has 0 radical (unpaired) electrons.